The van der Waals surface area contributed by atoms with Gasteiger partial charge < -0.3 is 16.0 Å². The number of nitrogens with zero attached hydrogens (tertiary/aromatic N) is 2. The second-order valence-corrected chi connectivity index (χ2v) is 6.44. The summed E-state index contributed by atoms with van der Waals surface area (Å²) in [6.45, 7) is 11.2. The van der Waals surface area contributed by atoms with E-state index in [2.05, 4.69) is 40.2 Å². The second kappa shape index (κ2) is 9.01. The van der Waals surface area contributed by atoms with Crippen LogP contribution in [0.1, 0.15) is 31.4 Å². The Hall–Kier alpha value is -1.43. The van der Waals surface area contributed by atoms with Crippen molar-refractivity contribution in [3.8, 4) is 0 Å². The smallest absolute Gasteiger partial charge is 0.221 e. The van der Waals surface area contributed by atoms with Crippen molar-refractivity contribution in [2.75, 3.05) is 32.7 Å². The van der Waals surface area contributed by atoms with Crippen LogP contribution in [0.4, 0.5) is 0 Å². The molecule has 23 heavy (non-hydrogen) atoms. The minimum absolute atomic E-state index is 0.0198. The maximum absolute atomic E-state index is 11.8. The Bertz CT molecular complexity index is 496. The molecule has 0 bridgehead atoms. The number of amides is 1. The molecule has 1 fully saturated rings. The molecule has 128 valence electrons. The molecule has 1 aromatic rings. The third kappa shape index (κ3) is 5.94. The number of nitrogens with two attached hydrogens (primary N) is 1. The Kier molecular flexibility index (Phi) is 7.02. The van der Waals surface area contributed by atoms with Crippen molar-refractivity contribution in [2.24, 2.45) is 5.73 Å². The van der Waals surface area contributed by atoms with E-state index in [4.69, 9.17) is 5.73 Å². The van der Waals surface area contributed by atoms with E-state index in [1.165, 1.54) is 11.1 Å². The molecule has 0 aliphatic carbocycles. The van der Waals surface area contributed by atoms with Crippen molar-refractivity contribution in [3.05, 3.63) is 35.4 Å². The molecule has 1 aromatic carbocycles. The number of carbonyl (C=O) groups excluding carboxylic acids is 1. The molecule has 1 aliphatic rings. The Balaban J connectivity index is 1.89. The van der Waals surface area contributed by atoms with Crippen LogP contribution in [0, 0.1) is 0 Å². The highest BCUT2D eigenvalue weighted by Gasteiger charge is 2.16. The summed E-state index contributed by atoms with van der Waals surface area (Å²) in [7, 11) is 0. The molecule has 1 heterocycles. The van der Waals surface area contributed by atoms with Crippen molar-refractivity contribution in [1.29, 1.82) is 0 Å². The predicted molar refractivity (Wildman–Crippen MR) is 93.9 cm³/mol. The number of piperazine rings is 1. The lowest BCUT2D eigenvalue weighted by Gasteiger charge is -2.34. The first-order chi connectivity index (χ1) is 11.1. The van der Waals surface area contributed by atoms with Gasteiger partial charge in [0.25, 0.3) is 0 Å². The summed E-state index contributed by atoms with van der Waals surface area (Å²) >= 11 is 0. The maximum atomic E-state index is 11.8. The topological polar surface area (TPSA) is 61.6 Å². The van der Waals surface area contributed by atoms with E-state index in [1.54, 1.807) is 0 Å². The first-order valence-electron chi connectivity index (χ1n) is 8.62. The molecule has 0 saturated carbocycles. The minimum Gasteiger partial charge on any atom is -0.352 e. The van der Waals surface area contributed by atoms with E-state index >= 15 is 0 Å². The van der Waals surface area contributed by atoms with Crippen LogP contribution in [-0.4, -0.2) is 54.5 Å². The summed E-state index contributed by atoms with van der Waals surface area (Å²) in [6.07, 6.45) is 0.376. The van der Waals surface area contributed by atoms with Gasteiger partial charge in [-0.3, -0.25) is 9.69 Å². The summed E-state index contributed by atoms with van der Waals surface area (Å²) in [6, 6.07) is 8.28. The van der Waals surface area contributed by atoms with Crippen LogP contribution < -0.4 is 11.1 Å². The molecule has 0 spiro atoms. The fourth-order valence-electron chi connectivity index (χ4n) is 2.95. The van der Waals surface area contributed by atoms with Gasteiger partial charge in [-0.25, -0.2) is 0 Å². The molecule has 1 saturated heterocycles. The van der Waals surface area contributed by atoms with Crippen LogP contribution in [0.15, 0.2) is 24.3 Å². The van der Waals surface area contributed by atoms with Crippen molar-refractivity contribution in [2.45, 2.75) is 39.4 Å². The van der Waals surface area contributed by atoms with Gasteiger partial charge in [0.2, 0.25) is 5.91 Å². The highest BCUT2D eigenvalue weighted by molar-refractivity contribution is 5.76. The average Bonchev–Trinajstić information content (AvgIpc) is 2.54. The molecule has 1 unspecified atom stereocenters. The highest BCUT2D eigenvalue weighted by Crippen LogP contribution is 2.13. The molecular weight excluding hydrogens is 288 g/mol. The van der Waals surface area contributed by atoms with Gasteiger partial charge in [0.1, 0.15) is 0 Å². The normalized spacial score (nSPS) is 17.9. The molecule has 0 radical (unpaired) electrons. The number of likely N-dealkylation sites (N-methyl/N-ethyl adjacent to an activating group) is 1. The van der Waals surface area contributed by atoms with E-state index in [0.29, 0.717) is 13.0 Å². The van der Waals surface area contributed by atoms with Crippen molar-refractivity contribution < 1.29 is 4.79 Å². The van der Waals surface area contributed by atoms with E-state index in [1.807, 2.05) is 13.0 Å². The molecule has 5 nitrogen and oxygen atoms in total. The highest BCUT2D eigenvalue weighted by atomic mass is 16.1. The zero-order valence-corrected chi connectivity index (χ0v) is 14.4. The lowest BCUT2D eigenvalue weighted by atomic mass is 10.1. The number of benzene rings is 1. The molecule has 0 aromatic heterocycles. The Morgan fingerprint density at radius 2 is 1.78 bits per heavy atom. The number of carbonyl (C=O) groups is 1. The zero-order valence-electron chi connectivity index (χ0n) is 14.4. The lowest BCUT2D eigenvalue weighted by Crippen LogP contribution is -2.45. The minimum atomic E-state index is -0.0971. The molecule has 1 aliphatic heterocycles. The Morgan fingerprint density at radius 3 is 2.39 bits per heavy atom. The van der Waals surface area contributed by atoms with Gasteiger partial charge in [0, 0.05) is 51.7 Å². The van der Waals surface area contributed by atoms with Gasteiger partial charge in [-0.05, 0) is 24.6 Å². The van der Waals surface area contributed by atoms with E-state index < -0.39 is 0 Å². The zero-order chi connectivity index (χ0) is 16.7. The monoisotopic (exact) mass is 318 g/mol. The summed E-state index contributed by atoms with van der Waals surface area (Å²) in [4.78, 5) is 16.8. The molecule has 1 amide bonds. The van der Waals surface area contributed by atoms with Crippen LogP contribution in [-0.2, 0) is 17.9 Å². The lowest BCUT2D eigenvalue weighted by molar-refractivity contribution is -0.121. The van der Waals surface area contributed by atoms with Gasteiger partial charge in [0.05, 0.1) is 0 Å². The van der Waals surface area contributed by atoms with Crippen LogP contribution in [0.5, 0.6) is 0 Å². The summed E-state index contributed by atoms with van der Waals surface area (Å²) in [5.41, 5.74) is 8.17. The molecule has 5 heteroatoms. The van der Waals surface area contributed by atoms with Crippen LogP contribution in [0.3, 0.4) is 0 Å². The van der Waals surface area contributed by atoms with Gasteiger partial charge in [-0.15, -0.1) is 0 Å². The van der Waals surface area contributed by atoms with Crippen LogP contribution >= 0.6 is 0 Å². The summed E-state index contributed by atoms with van der Waals surface area (Å²) in [5.74, 6) is 0.0198. The Morgan fingerprint density at radius 1 is 1.17 bits per heavy atom. The van der Waals surface area contributed by atoms with Gasteiger partial charge in [0.15, 0.2) is 0 Å². The largest absolute Gasteiger partial charge is 0.352 e. The van der Waals surface area contributed by atoms with Gasteiger partial charge >= 0.3 is 0 Å². The molecular formula is C18H30N4O. The van der Waals surface area contributed by atoms with Crippen LogP contribution in [0.25, 0.3) is 0 Å². The average molecular weight is 318 g/mol. The number of rotatable bonds is 7. The van der Waals surface area contributed by atoms with Crippen LogP contribution in [0.2, 0.25) is 0 Å². The maximum Gasteiger partial charge on any atom is 0.221 e. The fourth-order valence-corrected chi connectivity index (χ4v) is 2.95. The summed E-state index contributed by atoms with van der Waals surface area (Å²) in [5, 5.41) is 2.98. The van der Waals surface area contributed by atoms with Gasteiger partial charge in [-0.2, -0.15) is 0 Å². The Labute approximate surface area is 139 Å². The third-order valence-electron chi connectivity index (χ3n) is 4.41. The van der Waals surface area contributed by atoms with Crippen molar-refractivity contribution in [1.82, 2.24) is 15.1 Å². The fraction of sp³-hybridized carbons (Fsp3) is 0.611. The number of nitrogens with one attached hydrogen (secondary N) is 1. The molecule has 1 atom stereocenters. The standard InChI is InChI=1S/C18H30N4O/c1-3-21-8-10-22(11-9-21)14-17-7-5-4-6-16(17)13-20-18(23)12-15(2)19/h4-7,15H,3,8-14,19H2,1-2H3,(H,20,23). The summed E-state index contributed by atoms with van der Waals surface area (Å²) < 4.78 is 0. The van der Waals surface area contributed by atoms with E-state index in [9.17, 15) is 4.79 Å². The molecule has 3 N–H and O–H groups in total. The van der Waals surface area contributed by atoms with E-state index in [0.717, 1.165) is 39.3 Å². The quantitative estimate of drug-likeness (QED) is 0.792. The number of hydrogen-bond acceptors (Lipinski definition) is 4. The SMILES string of the molecule is CCN1CCN(Cc2ccccc2CNC(=O)CC(C)N)CC1. The first kappa shape index (κ1) is 17.9. The first-order valence-corrected chi connectivity index (χ1v) is 8.62. The molecule has 2 rings (SSSR count). The third-order valence-corrected chi connectivity index (χ3v) is 4.41. The van der Waals surface area contributed by atoms with Crippen molar-refractivity contribution in [3.63, 3.8) is 0 Å². The van der Waals surface area contributed by atoms with E-state index in [-0.39, 0.29) is 11.9 Å². The van der Waals surface area contributed by atoms with Crippen molar-refractivity contribution >= 4 is 5.91 Å². The predicted octanol–water partition coefficient (Wildman–Crippen LogP) is 1.18. The van der Waals surface area contributed by atoms with Gasteiger partial charge in [-0.1, -0.05) is 31.2 Å². The number of hydrogen-bond donors (Lipinski definition) is 2. The second-order valence-electron chi connectivity index (χ2n) is 6.44.